The van der Waals surface area contributed by atoms with Crippen LogP contribution in [0.4, 0.5) is 0 Å². The number of β-amino-alcohol motifs (C(OH)–C–C–N with tert-alkyl or cyclic N) is 1. The first kappa shape index (κ1) is 15.3. The smallest absolute Gasteiger partial charge is 0.123 e. The standard InChI is InChI=1S/C15H19ClN4O2/c1-22-12-3-4-13(16)11(7-12)9-20-6-2-5-15(21,10-20)14-8-17-19-18-14/h3-4,7-8,21H,2,5-6,9-10H2,1H3,(H,17,18,19). The molecule has 1 unspecified atom stereocenters. The molecular weight excluding hydrogens is 304 g/mol. The van der Waals surface area contributed by atoms with Crippen molar-refractivity contribution < 1.29 is 9.84 Å². The molecule has 2 aromatic rings. The molecule has 2 heterocycles. The van der Waals surface area contributed by atoms with E-state index < -0.39 is 5.60 Å². The minimum atomic E-state index is -0.962. The molecule has 0 saturated carbocycles. The van der Waals surface area contributed by atoms with Crippen LogP contribution in [0, 0.1) is 0 Å². The molecule has 2 N–H and O–H groups in total. The van der Waals surface area contributed by atoms with E-state index in [4.69, 9.17) is 16.3 Å². The zero-order valence-electron chi connectivity index (χ0n) is 12.4. The van der Waals surface area contributed by atoms with Gasteiger partial charge in [0, 0.05) is 18.1 Å². The highest BCUT2D eigenvalue weighted by atomic mass is 35.5. The number of hydrogen-bond acceptors (Lipinski definition) is 5. The summed E-state index contributed by atoms with van der Waals surface area (Å²) in [5, 5.41) is 21.9. The third-order valence-corrected chi connectivity index (χ3v) is 4.46. The first-order valence-corrected chi connectivity index (χ1v) is 7.62. The van der Waals surface area contributed by atoms with Crippen molar-refractivity contribution in [2.75, 3.05) is 20.2 Å². The van der Waals surface area contributed by atoms with Crippen LogP contribution < -0.4 is 4.74 Å². The van der Waals surface area contributed by atoms with E-state index in [9.17, 15) is 5.11 Å². The molecule has 0 amide bonds. The summed E-state index contributed by atoms with van der Waals surface area (Å²) in [6.45, 7) is 2.08. The van der Waals surface area contributed by atoms with Crippen LogP contribution in [0.3, 0.4) is 0 Å². The second-order valence-corrected chi connectivity index (χ2v) is 6.07. The Morgan fingerprint density at radius 3 is 3.09 bits per heavy atom. The lowest BCUT2D eigenvalue weighted by molar-refractivity contribution is -0.0414. The van der Waals surface area contributed by atoms with Crippen LogP contribution in [0.1, 0.15) is 24.1 Å². The number of aromatic amines is 1. The molecule has 0 bridgehead atoms. The van der Waals surface area contributed by atoms with Gasteiger partial charge < -0.3 is 9.84 Å². The molecule has 0 radical (unpaired) electrons. The second kappa shape index (κ2) is 6.24. The Morgan fingerprint density at radius 1 is 1.50 bits per heavy atom. The maximum Gasteiger partial charge on any atom is 0.123 e. The van der Waals surface area contributed by atoms with Gasteiger partial charge in [-0.25, -0.2) is 0 Å². The van der Waals surface area contributed by atoms with Gasteiger partial charge in [-0.2, -0.15) is 15.4 Å². The zero-order valence-corrected chi connectivity index (χ0v) is 13.2. The number of methoxy groups -OCH3 is 1. The Kier molecular flexibility index (Phi) is 4.33. The Hall–Kier alpha value is -1.63. The summed E-state index contributed by atoms with van der Waals surface area (Å²) in [6, 6.07) is 5.61. The van der Waals surface area contributed by atoms with E-state index in [1.165, 1.54) is 0 Å². The van der Waals surface area contributed by atoms with Gasteiger partial charge >= 0.3 is 0 Å². The molecule has 1 aliphatic rings. The molecule has 1 saturated heterocycles. The summed E-state index contributed by atoms with van der Waals surface area (Å²) in [5.41, 5.74) is 0.621. The summed E-state index contributed by atoms with van der Waals surface area (Å²) in [4.78, 5) is 2.18. The molecule has 1 atom stereocenters. The normalized spacial score (nSPS) is 22.7. The summed E-state index contributed by atoms with van der Waals surface area (Å²) in [6.07, 6.45) is 3.16. The number of nitrogens with zero attached hydrogens (tertiary/aromatic N) is 3. The van der Waals surface area contributed by atoms with E-state index in [0.29, 0.717) is 30.2 Å². The zero-order chi connectivity index (χ0) is 15.6. The lowest BCUT2D eigenvalue weighted by atomic mass is 9.90. The van der Waals surface area contributed by atoms with Crippen molar-refractivity contribution in [1.82, 2.24) is 20.3 Å². The average molecular weight is 323 g/mol. The van der Waals surface area contributed by atoms with Crippen molar-refractivity contribution in [2.45, 2.75) is 25.0 Å². The summed E-state index contributed by atoms with van der Waals surface area (Å²) < 4.78 is 5.25. The fourth-order valence-electron chi connectivity index (χ4n) is 2.93. The molecule has 118 valence electrons. The molecule has 6 nitrogen and oxygen atoms in total. The molecule has 22 heavy (non-hydrogen) atoms. The molecule has 0 spiro atoms. The predicted molar refractivity (Wildman–Crippen MR) is 82.8 cm³/mol. The number of benzene rings is 1. The highest BCUT2D eigenvalue weighted by Crippen LogP contribution is 2.31. The third kappa shape index (κ3) is 3.09. The highest BCUT2D eigenvalue weighted by molar-refractivity contribution is 6.31. The monoisotopic (exact) mass is 322 g/mol. The molecule has 3 rings (SSSR count). The second-order valence-electron chi connectivity index (χ2n) is 5.66. The van der Waals surface area contributed by atoms with Crippen LogP contribution in [0.5, 0.6) is 5.75 Å². The maximum atomic E-state index is 10.8. The van der Waals surface area contributed by atoms with E-state index >= 15 is 0 Å². The van der Waals surface area contributed by atoms with Crippen LogP contribution in [0.2, 0.25) is 5.02 Å². The van der Waals surface area contributed by atoms with Gasteiger partial charge in [0.15, 0.2) is 0 Å². The number of nitrogens with one attached hydrogen (secondary N) is 1. The summed E-state index contributed by atoms with van der Waals surface area (Å²) in [5.74, 6) is 0.781. The number of aliphatic hydroxyl groups is 1. The van der Waals surface area contributed by atoms with Gasteiger partial charge in [0.05, 0.1) is 13.3 Å². The van der Waals surface area contributed by atoms with Gasteiger partial charge in [0.25, 0.3) is 0 Å². The Morgan fingerprint density at radius 2 is 2.36 bits per heavy atom. The van der Waals surface area contributed by atoms with Gasteiger partial charge in [-0.1, -0.05) is 11.6 Å². The van der Waals surface area contributed by atoms with Gasteiger partial charge in [-0.05, 0) is 43.1 Å². The summed E-state index contributed by atoms with van der Waals surface area (Å²) >= 11 is 6.27. The van der Waals surface area contributed by atoms with Crippen LogP contribution in [0.15, 0.2) is 24.4 Å². The number of hydrogen-bond donors (Lipinski definition) is 2. The van der Waals surface area contributed by atoms with Crippen molar-refractivity contribution in [3.05, 3.63) is 40.7 Å². The molecular formula is C15H19ClN4O2. The topological polar surface area (TPSA) is 74.3 Å². The SMILES string of the molecule is COc1ccc(Cl)c(CN2CCCC(O)(c3cn[nH]n3)C2)c1. The first-order chi connectivity index (χ1) is 10.6. The van der Waals surface area contributed by atoms with Crippen molar-refractivity contribution in [3.63, 3.8) is 0 Å². The van der Waals surface area contributed by atoms with Gasteiger partial charge in [0.1, 0.15) is 17.0 Å². The van der Waals surface area contributed by atoms with E-state index in [1.807, 2.05) is 18.2 Å². The van der Waals surface area contributed by atoms with Crippen molar-refractivity contribution >= 4 is 11.6 Å². The van der Waals surface area contributed by atoms with E-state index in [0.717, 1.165) is 24.3 Å². The molecule has 1 aromatic heterocycles. The Bertz CT molecular complexity index is 634. The quantitative estimate of drug-likeness (QED) is 0.900. The fraction of sp³-hybridized carbons (Fsp3) is 0.467. The third-order valence-electron chi connectivity index (χ3n) is 4.09. The summed E-state index contributed by atoms with van der Waals surface area (Å²) in [7, 11) is 1.64. The first-order valence-electron chi connectivity index (χ1n) is 7.24. The molecule has 7 heteroatoms. The van der Waals surface area contributed by atoms with Gasteiger partial charge in [-0.15, -0.1) is 0 Å². The van der Waals surface area contributed by atoms with E-state index in [-0.39, 0.29) is 0 Å². The number of aromatic nitrogens is 3. The lowest BCUT2D eigenvalue weighted by Gasteiger charge is -2.38. The van der Waals surface area contributed by atoms with Crippen LogP contribution in [-0.2, 0) is 12.1 Å². The van der Waals surface area contributed by atoms with E-state index in [1.54, 1.807) is 13.3 Å². The Labute approximate surface area is 134 Å². The Balaban J connectivity index is 1.76. The number of ether oxygens (including phenoxy) is 1. The average Bonchev–Trinajstić information content (AvgIpc) is 3.05. The number of likely N-dealkylation sites (tertiary alicyclic amines) is 1. The van der Waals surface area contributed by atoms with Crippen LogP contribution in [0.25, 0.3) is 0 Å². The number of halogens is 1. The predicted octanol–water partition coefficient (Wildman–Crippen LogP) is 1.95. The molecule has 1 fully saturated rings. The van der Waals surface area contributed by atoms with Crippen molar-refractivity contribution in [3.8, 4) is 5.75 Å². The maximum absolute atomic E-state index is 10.8. The molecule has 0 aliphatic carbocycles. The largest absolute Gasteiger partial charge is 0.497 e. The highest BCUT2D eigenvalue weighted by Gasteiger charge is 2.37. The molecule has 1 aliphatic heterocycles. The van der Waals surface area contributed by atoms with E-state index in [2.05, 4.69) is 20.3 Å². The van der Waals surface area contributed by atoms with Crippen molar-refractivity contribution in [2.24, 2.45) is 0 Å². The molecule has 1 aromatic carbocycles. The fourth-order valence-corrected chi connectivity index (χ4v) is 3.11. The number of rotatable bonds is 4. The lowest BCUT2D eigenvalue weighted by Crippen LogP contribution is -2.45. The minimum absolute atomic E-state index is 0.507. The van der Waals surface area contributed by atoms with Crippen LogP contribution in [-0.4, -0.2) is 45.6 Å². The van der Waals surface area contributed by atoms with Crippen LogP contribution >= 0.6 is 11.6 Å². The van der Waals surface area contributed by atoms with Crippen molar-refractivity contribution in [1.29, 1.82) is 0 Å². The number of piperidine rings is 1. The number of H-pyrrole nitrogens is 1. The van der Waals surface area contributed by atoms with Gasteiger partial charge in [0.2, 0.25) is 0 Å². The minimum Gasteiger partial charge on any atom is -0.497 e. The van der Waals surface area contributed by atoms with Gasteiger partial charge in [-0.3, -0.25) is 4.90 Å².